The number of nitrogens with zero attached hydrogens (tertiary/aromatic N) is 1. The van der Waals surface area contributed by atoms with Crippen LogP contribution in [0.3, 0.4) is 0 Å². The summed E-state index contributed by atoms with van der Waals surface area (Å²) in [5.41, 5.74) is 3.03. The van der Waals surface area contributed by atoms with Crippen molar-refractivity contribution >= 4 is 33.0 Å². The van der Waals surface area contributed by atoms with Gasteiger partial charge in [0.1, 0.15) is 16.9 Å². The number of methoxy groups -OCH3 is 1. The third-order valence-corrected chi connectivity index (χ3v) is 7.18. The Morgan fingerprint density at radius 2 is 2.00 bits per heavy atom. The van der Waals surface area contributed by atoms with E-state index in [0.29, 0.717) is 6.04 Å². The van der Waals surface area contributed by atoms with E-state index in [0.717, 1.165) is 52.2 Å². The van der Waals surface area contributed by atoms with Crippen molar-refractivity contribution in [1.29, 1.82) is 0 Å². The van der Waals surface area contributed by atoms with Crippen LogP contribution in [0.5, 0.6) is 5.75 Å². The Kier molecular flexibility index (Phi) is 4.48. The molecule has 150 valence electrons. The molecule has 5 rings (SSSR count). The van der Waals surface area contributed by atoms with Crippen LogP contribution in [0.25, 0.3) is 10.8 Å². The Balaban J connectivity index is 1.57. The highest BCUT2D eigenvalue weighted by Gasteiger charge is 2.35. The Labute approximate surface area is 174 Å². The topological polar surface area (TPSA) is 53.6 Å². The lowest BCUT2D eigenvalue weighted by molar-refractivity contribution is 0.0934. The number of hydrogen-bond donors (Lipinski definition) is 2. The number of ether oxygens (including phenoxy) is 1. The lowest BCUT2D eigenvalue weighted by atomic mass is 9.97. The molecule has 5 nitrogen and oxygen atoms in total. The van der Waals surface area contributed by atoms with Crippen LogP contribution in [0, 0.1) is 0 Å². The molecule has 2 aromatic carbocycles. The van der Waals surface area contributed by atoms with Gasteiger partial charge in [-0.25, -0.2) is 0 Å². The Morgan fingerprint density at radius 1 is 1.17 bits per heavy atom. The maximum absolute atomic E-state index is 13.2. The molecule has 2 N–H and O–H groups in total. The zero-order chi connectivity index (χ0) is 20.1. The van der Waals surface area contributed by atoms with Gasteiger partial charge in [0.05, 0.1) is 12.7 Å². The van der Waals surface area contributed by atoms with E-state index in [-0.39, 0.29) is 12.1 Å². The molecule has 0 aliphatic carbocycles. The molecule has 29 heavy (non-hydrogen) atoms. The maximum Gasteiger partial charge on any atom is 0.256 e. The molecule has 2 aliphatic heterocycles. The van der Waals surface area contributed by atoms with Gasteiger partial charge in [-0.1, -0.05) is 30.3 Å². The van der Waals surface area contributed by atoms with E-state index in [9.17, 15) is 4.79 Å². The standard InChI is InChI=1S/C23H25N3O2S/c1-13(2)26-11-10-16-18(12-26)29-23-20(16)22(27)24-21(25-23)19-15-7-5-4-6-14(15)8-9-17(19)28-3/h4-9,13,21,25H,10-12H2,1-3H3,(H,24,27)/t21-/m0/s1. The second kappa shape index (κ2) is 7.04. The number of carbonyl (C=O) groups is 1. The number of anilines is 1. The van der Waals surface area contributed by atoms with Gasteiger partial charge >= 0.3 is 0 Å². The quantitative estimate of drug-likeness (QED) is 0.670. The number of thiophene rings is 1. The van der Waals surface area contributed by atoms with Crippen LogP contribution in [0.15, 0.2) is 36.4 Å². The molecule has 2 aliphatic rings. The van der Waals surface area contributed by atoms with Crippen LogP contribution in [0.4, 0.5) is 5.00 Å². The van der Waals surface area contributed by atoms with Crippen LogP contribution < -0.4 is 15.4 Å². The van der Waals surface area contributed by atoms with Crippen molar-refractivity contribution in [3.8, 4) is 5.75 Å². The van der Waals surface area contributed by atoms with E-state index in [1.54, 1.807) is 18.4 Å². The molecule has 3 aromatic rings. The molecular weight excluding hydrogens is 382 g/mol. The molecule has 1 aromatic heterocycles. The first kappa shape index (κ1) is 18.5. The minimum atomic E-state index is -0.322. The first-order chi connectivity index (χ1) is 14.1. The molecular formula is C23H25N3O2S. The SMILES string of the molecule is COc1ccc2ccccc2c1[C@H]1NC(=O)c2c(sc3c2CCN(C(C)C)C3)N1. The van der Waals surface area contributed by atoms with E-state index in [1.165, 1.54) is 10.4 Å². The van der Waals surface area contributed by atoms with E-state index in [2.05, 4.69) is 47.6 Å². The van der Waals surface area contributed by atoms with Gasteiger partial charge in [-0.2, -0.15) is 0 Å². The number of rotatable bonds is 3. The fraction of sp³-hybridized carbons (Fsp3) is 0.348. The highest BCUT2D eigenvalue weighted by atomic mass is 32.1. The predicted molar refractivity (Wildman–Crippen MR) is 118 cm³/mol. The van der Waals surface area contributed by atoms with Crippen LogP contribution in [0.1, 0.15) is 46.4 Å². The summed E-state index contributed by atoms with van der Waals surface area (Å²) in [6.07, 6.45) is 0.605. The summed E-state index contributed by atoms with van der Waals surface area (Å²) in [5, 5.41) is 9.98. The second-order valence-corrected chi connectivity index (χ2v) is 9.08. The lowest BCUT2D eigenvalue weighted by Gasteiger charge is -2.31. The van der Waals surface area contributed by atoms with Crippen molar-refractivity contribution in [3.63, 3.8) is 0 Å². The monoisotopic (exact) mass is 407 g/mol. The summed E-state index contributed by atoms with van der Waals surface area (Å²) in [4.78, 5) is 16.9. The summed E-state index contributed by atoms with van der Waals surface area (Å²) in [6, 6.07) is 12.7. The third-order valence-electron chi connectivity index (χ3n) is 6.03. The van der Waals surface area contributed by atoms with Gasteiger partial charge in [0.15, 0.2) is 0 Å². The van der Waals surface area contributed by atoms with Gasteiger partial charge in [0, 0.05) is 29.6 Å². The largest absolute Gasteiger partial charge is 0.496 e. The summed E-state index contributed by atoms with van der Waals surface area (Å²) < 4.78 is 5.66. The van der Waals surface area contributed by atoms with Crippen molar-refractivity contribution in [2.24, 2.45) is 0 Å². The van der Waals surface area contributed by atoms with Crippen molar-refractivity contribution in [2.75, 3.05) is 19.0 Å². The van der Waals surface area contributed by atoms with Crippen LogP contribution >= 0.6 is 11.3 Å². The Bertz CT molecular complexity index is 1100. The Hall–Kier alpha value is -2.57. The van der Waals surface area contributed by atoms with E-state index in [1.807, 2.05) is 18.2 Å². The molecule has 0 saturated carbocycles. The molecule has 3 heterocycles. The molecule has 0 radical (unpaired) electrons. The molecule has 1 atom stereocenters. The highest BCUT2D eigenvalue weighted by Crippen LogP contribution is 2.43. The summed E-state index contributed by atoms with van der Waals surface area (Å²) in [6.45, 7) is 6.38. The van der Waals surface area contributed by atoms with Gasteiger partial charge in [-0.05, 0) is 42.7 Å². The number of hydrogen-bond acceptors (Lipinski definition) is 5. The maximum atomic E-state index is 13.2. The first-order valence-electron chi connectivity index (χ1n) is 10.1. The molecule has 1 amide bonds. The normalized spacial score (nSPS) is 18.9. The van der Waals surface area contributed by atoms with Crippen molar-refractivity contribution < 1.29 is 9.53 Å². The molecule has 0 spiro atoms. The van der Waals surface area contributed by atoms with Crippen LogP contribution in [-0.4, -0.2) is 30.5 Å². The summed E-state index contributed by atoms with van der Waals surface area (Å²) in [7, 11) is 1.67. The number of amides is 1. The number of carbonyl (C=O) groups excluding carboxylic acids is 1. The highest BCUT2D eigenvalue weighted by molar-refractivity contribution is 7.16. The van der Waals surface area contributed by atoms with Crippen molar-refractivity contribution in [1.82, 2.24) is 10.2 Å². The first-order valence-corrected chi connectivity index (χ1v) is 10.9. The zero-order valence-corrected chi connectivity index (χ0v) is 17.7. The number of nitrogens with one attached hydrogen (secondary N) is 2. The fourth-order valence-corrected chi connectivity index (χ4v) is 5.77. The molecule has 6 heteroatoms. The molecule has 0 bridgehead atoms. The summed E-state index contributed by atoms with van der Waals surface area (Å²) in [5.74, 6) is 0.784. The third kappa shape index (κ3) is 2.98. The van der Waals surface area contributed by atoms with Gasteiger partial charge in [0.25, 0.3) is 5.91 Å². The fourth-order valence-electron chi connectivity index (χ4n) is 4.47. The Morgan fingerprint density at radius 3 is 2.79 bits per heavy atom. The van der Waals surface area contributed by atoms with Crippen LogP contribution in [-0.2, 0) is 13.0 Å². The molecule has 0 fully saturated rings. The molecule has 0 unspecified atom stereocenters. The average Bonchev–Trinajstić information content (AvgIpc) is 3.10. The lowest BCUT2D eigenvalue weighted by Crippen LogP contribution is -2.39. The van der Waals surface area contributed by atoms with Crippen molar-refractivity contribution in [2.45, 2.75) is 39.0 Å². The van der Waals surface area contributed by atoms with Gasteiger partial charge in [-0.15, -0.1) is 11.3 Å². The minimum absolute atomic E-state index is 0.00855. The van der Waals surface area contributed by atoms with Gasteiger partial charge in [0.2, 0.25) is 0 Å². The average molecular weight is 408 g/mol. The smallest absolute Gasteiger partial charge is 0.256 e. The van der Waals surface area contributed by atoms with E-state index >= 15 is 0 Å². The van der Waals surface area contributed by atoms with Gasteiger partial charge < -0.3 is 15.4 Å². The minimum Gasteiger partial charge on any atom is -0.496 e. The van der Waals surface area contributed by atoms with Crippen molar-refractivity contribution in [3.05, 3.63) is 58.0 Å². The summed E-state index contributed by atoms with van der Waals surface area (Å²) >= 11 is 1.73. The molecule has 0 saturated heterocycles. The van der Waals surface area contributed by atoms with E-state index in [4.69, 9.17) is 4.74 Å². The zero-order valence-electron chi connectivity index (χ0n) is 16.9. The van der Waals surface area contributed by atoms with Crippen LogP contribution in [0.2, 0.25) is 0 Å². The second-order valence-electron chi connectivity index (χ2n) is 7.98. The van der Waals surface area contributed by atoms with Gasteiger partial charge in [-0.3, -0.25) is 9.69 Å². The van der Waals surface area contributed by atoms with E-state index < -0.39 is 0 Å². The predicted octanol–water partition coefficient (Wildman–Crippen LogP) is 4.53. The number of fused-ring (bicyclic) bond motifs is 4. The number of benzene rings is 2.